The molecule has 0 saturated heterocycles. The first-order valence-electron chi connectivity index (χ1n) is 9.27. The van der Waals surface area contributed by atoms with Gasteiger partial charge >= 0.3 is 18.1 Å². The summed E-state index contributed by atoms with van der Waals surface area (Å²) in [7, 11) is -5.06. The second-order valence-corrected chi connectivity index (χ2v) is 11.2. The predicted molar refractivity (Wildman–Crippen MR) is 130 cm³/mol. The molecule has 7 nitrogen and oxygen atoms in total. The highest BCUT2D eigenvalue weighted by atomic mass is 79.9. The Morgan fingerprint density at radius 2 is 1.37 bits per heavy atom. The van der Waals surface area contributed by atoms with Crippen LogP contribution in [0.15, 0.2) is 61.9 Å². The van der Waals surface area contributed by atoms with Crippen molar-refractivity contribution in [3.63, 3.8) is 0 Å². The van der Waals surface area contributed by atoms with Gasteiger partial charge in [0.05, 0.1) is 20.1 Å². The van der Waals surface area contributed by atoms with Gasteiger partial charge in [0, 0.05) is 4.47 Å². The van der Waals surface area contributed by atoms with Crippen molar-refractivity contribution in [1.29, 1.82) is 0 Å². The summed E-state index contributed by atoms with van der Waals surface area (Å²) >= 11 is 9.92. The fraction of sp³-hybridized carbons (Fsp3) is 0.143. The summed E-state index contributed by atoms with van der Waals surface area (Å²) in [5, 5.41) is 0.857. The van der Waals surface area contributed by atoms with E-state index in [0.29, 0.717) is 19.7 Å². The van der Waals surface area contributed by atoms with Crippen LogP contribution in [0.25, 0.3) is 10.8 Å². The second-order valence-electron chi connectivity index (χ2n) is 7.05. The fourth-order valence-electron chi connectivity index (χ4n) is 2.86. The molecule has 3 aromatic carbocycles. The van der Waals surface area contributed by atoms with Gasteiger partial charge in [-0.3, -0.25) is 4.55 Å². The number of rotatable bonds is 6. The highest BCUT2D eigenvalue weighted by Crippen LogP contribution is 2.37. The quantitative estimate of drug-likeness (QED) is 0.182. The standard InChI is InChI=1S/C21H12Br3F3O7S/c22-14-7-15(23)18(16(24)8-14)34-20(29)13-4-2-10-5-12(3-1-11(10)6-13)19(28)33-17(21(25,26)27)9-35(30,31)32/h1-8,17H,9H2,(H,30,31,32). The van der Waals surface area contributed by atoms with E-state index in [1.807, 2.05) is 0 Å². The first kappa shape index (κ1) is 27.6. The molecule has 0 radical (unpaired) electrons. The molecular weight excluding hydrogens is 693 g/mol. The Morgan fingerprint density at radius 1 is 0.886 bits per heavy atom. The van der Waals surface area contributed by atoms with Crippen LogP contribution in [-0.2, 0) is 14.9 Å². The minimum atomic E-state index is -5.21. The van der Waals surface area contributed by atoms with Crippen molar-refractivity contribution in [2.75, 3.05) is 5.75 Å². The molecule has 0 fully saturated rings. The minimum absolute atomic E-state index is 0.167. The number of carbonyl (C=O) groups is 2. The SMILES string of the molecule is O=C(Oc1c(Br)cc(Br)cc1Br)c1ccc2cc(C(=O)OC(CS(=O)(=O)O)C(F)(F)F)ccc2c1. The summed E-state index contributed by atoms with van der Waals surface area (Å²) in [4.78, 5) is 24.8. The number of benzene rings is 3. The lowest BCUT2D eigenvalue weighted by molar-refractivity contribution is -0.197. The van der Waals surface area contributed by atoms with Crippen LogP contribution in [0.3, 0.4) is 0 Å². The van der Waals surface area contributed by atoms with Crippen LogP contribution in [0.1, 0.15) is 20.7 Å². The molecule has 0 amide bonds. The molecule has 1 N–H and O–H groups in total. The monoisotopic (exact) mass is 702 g/mol. The molecule has 0 aliphatic heterocycles. The number of hydrogen-bond donors (Lipinski definition) is 1. The van der Waals surface area contributed by atoms with Gasteiger partial charge < -0.3 is 9.47 Å². The Bertz CT molecular complexity index is 1400. The smallest absolute Gasteiger partial charge is 0.426 e. The molecule has 186 valence electrons. The van der Waals surface area contributed by atoms with Gasteiger partial charge in [-0.05, 0) is 79.0 Å². The average molecular weight is 705 g/mol. The van der Waals surface area contributed by atoms with Crippen LogP contribution in [0, 0.1) is 0 Å². The summed E-state index contributed by atoms with van der Waals surface area (Å²) in [5.41, 5.74) is -0.125. The second kappa shape index (κ2) is 10.5. The van der Waals surface area contributed by atoms with Crippen molar-refractivity contribution >= 4 is 80.6 Å². The number of carbonyl (C=O) groups excluding carboxylic acids is 2. The molecule has 0 spiro atoms. The van der Waals surface area contributed by atoms with Gasteiger partial charge in [-0.1, -0.05) is 28.1 Å². The van der Waals surface area contributed by atoms with Crippen molar-refractivity contribution in [3.8, 4) is 5.75 Å². The lowest BCUT2D eigenvalue weighted by Gasteiger charge is -2.19. The molecule has 1 unspecified atom stereocenters. The normalized spacial score (nSPS) is 12.9. The molecule has 14 heteroatoms. The van der Waals surface area contributed by atoms with E-state index >= 15 is 0 Å². The number of ether oxygens (including phenoxy) is 2. The van der Waals surface area contributed by atoms with Crippen molar-refractivity contribution in [1.82, 2.24) is 0 Å². The molecule has 3 rings (SSSR count). The molecule has 0 bridgehead atoms. The number of fused-ring (bicyclic) bond motifs is 1. The number of alkyl halides is 3. The maximum absolute atomic E-state index is 13.0. The Labute approximate surface area is 221 Å². The summed E-state index contributed by atoms with van der Waals surface area (Å²) in [5.74, 6) is -3.70. The maximum atomic E-state index is 13.0. The lowest BCUT2D eigenvalue weighted by atomic mass is 10.0. The first-order chi connectivity index (χ1) is 16.1. The molecule has 1 atom stereocenters. The highest BCUT2D eigenvalue weighted by Gasteiger charge is 2.45. The van der Waals surface area contributed by atoms with E-state index in [4.69, 9.17) is 9.29 Å². The minimum Gasteiger partial charge on any atom is -0.448 e. The van der Waals surface area contributed by atoms with Crippen molar-refractivity contribution < 1.29 is 45.2 Å². The number of hydrogen-bond acceptors (Lipinski definition) is 6. The number of halogens is 6. The van der Waals surface area contributed by atoms with E-state index in [1.165, 1.54) is 30.3 Å². The van der Waals surface area contributed by atoms with Gasteiger partial charge in [0.25, 0.3) is 10.1 Å². The largest absolute Gasteiger partial charge is 0.448 e. The lowest BCUT2D eigenvalue weighted by Crippen LogP contribution is -2.39. The predicted octanol–water partition coefficient (Wildman–Crippen LogP) is 6.32. The third kappa shape index (κ3) is 7.26. The van der Waals surface area contributed by atoms with Crippen LogP contribution in [0.2, 0.25) is 0 Å². The third-order valence-electron chi connectivity index (χ3n) is 4.45. The van der Waals surface area contributed by atoms with E-state index < -0.39 is 40.1 Å². The Morgan fingerprint density at radius 3 is 1.83 bits per heavy atom. The van der Waals surface area contributed by atoms with E-state index in [1.54, 1.807) is 12.1 Å². The molecule has 0 heterocycles. The Balaban J connectivity index is 1.82. The van der Waals surface area contributed by atoms with Crippen LogP contribution in [0.5, 0.6) is 5.75 Å². The van der Waals surface area contributed by atoms with Gasteiger partial charge in [-0.15, -0.1) is 0 Å². The molecule has 0 aliphatic carbocycles. The van der Waals surface area contributed by atoms with E-state index in [2.05, 4.69) is 52.5 Å². The van der Waals surface area contributed by atoms with Gasteiger partial charge in [-0.2, -0.15) is 21.6 Å². The summed E-state index contributed by atoms with van der Waals surface area (Å²) in [6.45, 7) is 0. The zero-order chi connectivity index (χ0) is 26.1. The summed E-state index contributed by atoms with van der Waals surface area (Å²) < 4.78 is 81.0. The molecule has 0 saturated carbocycles. The van der Waals surface area contributed by atoms with Crippen LogP contribution >= 0.6 is 47.8 Å². The number of esters is 2. The highest BCUT2D eigenvalue weighted by molar-refractivity contribution is 9.11. The van der Waals surface area contributed by atoms with Gasteiger partial charge in [0.2, 0.25) is 6.10 Å². The molecule has 0 aromatic heterocycles. The van der Waals surface area contributed by atoms with Crippen LogP contribution < -0.4 is 4.74 Å². The van der Waals surface area contributed by atoms with Crippen LogP contribution in [-0.4, -0.2) is 42.9 Å². The van der Waals surface area contributed by atoms with E-state index in [-0.39, 0.29) is 16.9 Å². The Kier molecular flexibility index (Phi) is 8.31. The molecule has 3 aromatic rings. The third-order valence-corrected chi connectivity index (χ3v) is 6.81. The molecule has 0 aliphatic rings. The summed E-state index contributed by atoms with van der Waals surface area (Å²) in [6, 6.07) is 11.4. The topological polar surface area (TPSA) is 107 Å². The van der Waals surface area contributed by atoms with E-state index in [0.717, 1.165) is 10.5 Å². The van der Waals surface area contributed by atoms with Gasteiger partial charge in [-0.25, -0.2) is 9.59 Å². The van der Waals surface area contributed by atoms with Gasteiger partial charge in [0.15, 0.2) is 5.75 Å². The fourth-order valence-corrected chi connectivity index (χ4v) is 5.92. The Hall–Kier alpha value is -2.00. The zero-order valence-corrected chi connectivity index (χ0v) is 22.6. The molecular formula is C21H12Br3F3O7S. The van der Waals surface area contributed by atoms with Crippen molar-refractivity contribution in [2.24, 2.45) is 0 Å². The van der Waals surface area contributed by atoms with Crippen molar-refractivity contribution in [2.45, 2.75) is 12.3 Å². The first-order valence-corrected chi connectivity index (χ1v) is 13.3. The average Bonchev–Trinajstić information content (AvgIpc) is 2.73. The van der Waals surface area contributed by atoms with Crippen LogP contribution in [0.4, 0.5) is 13.2 Å². The van der Waals surface area contributed by atoms with Crippen molar-refractivity contribution in [3.05, 3.63) is 73.1 Å². The summed E-state index contributed by atoms with van der Waals surface area (Å²) in [6.07, 6.45) is -8.26. The zero-order valence-electron chi connectivity index (χ0n) is 17.0. The molecule has 35 heavy (non-hydrogen) atoms. The van der Waals surface area contributed by atoms with Gasteiger partial charge in [0.1, 0.15) is 5.75 Å². The maximum Gasteiger partial charge on any atom is 0.426 e. The van der Waals surface area contributed by atoms with E-state index in [9.17, 15) is 31.2 Å².